The highest BCUT2D eigenvalue weighted by atomic mass is 127. The van der Waals surface area contributed by atoms with Crippen molar-refractivity contribution in [2.24, 2.45) is 10.7 Å². The van der Waals surface area contributed by atoms with Crippen LogP contribution in [-0.2, 0) is 6.42 Å². The number of aliphatic imine (C=N–C) groups is 1. The van der Waals surface area contributed by atoms with E-state index in [4.69, 9.17) is 5.73 Å². The van der Waals surface area contributed by atoms with Crippen molar-refractivity contribution in [2.45, 2.75) is 6.42 Å². The number of aromatic nitrogens is 3. The molecule has 0 unspecified atom stereocenters. The smallest absolute Gasteiger partial charge is 0.225 e. The first-order valence-corrected chi connectivity index (χ1v) is 8.16. The van der Waals surface area contributed by atoms with Crippen LogP contribution in [0.15, 0.2) is 35.0 Å². The summed E-state index contributed by atoms with van der Waals surface area (Å²) in [5.41, 5.74) is 6.08. The number of hydrogen-bond acceptors (Lipinski definition) is 6. The van der Waals surface area contributed by atoms with Gasteiger partial charge < -0.3 is 15.5 Å². The highest BCUT2D eigenvalue weighted by molar-refractivity contribution is 14.0. The van der Waals surface area contributed by atoms with Crippen molar-refractivity contribution >= 4 is 47.2 Å². The third kappa shape index (κ3) is 4.99. The van der Waals surface area contributed by atoms with E-state index in [0.29, 0.717) is 12.5 Å². The summed E-state index contributed by atoms with van der Waals surface area (Å²) < 4.78 is 0. The molecular formula is C14H20IN7S. The fraction of sp³-hybridized carbons (Fsp3) is 0.429. The van der Waals surface area contributed by atoms with Gasteiger partial charge in [-0.25, -0.2) is 15.0 Å². The summed E-state index contributed by atoms with van der Waals surface area (Å²) in [7, 11) is 0. The van der Waals surface area contributed by atoms with Crippen molar-refractivity contribution in [3.05, 3.63) is 35.0 Å². The minimum absolute atomic E-state index is 0. The number of nitrogens with two attached hydrogens (primary N) is 1. The molecule has 0 bridgehead atoms. The predicted octanol–water partition coefficient (Wildman–Crippen LogP) is 1.23. The lowest BCUT2D eigenvalue weighted by atomic mass is 10.3. The molecule has 1 aliphatic heterocycles. The summed E-state index contributed by atoms with van der Waals surface area (Å²) in [5, 5.41) is 3.08. The zero-order valence-corrected chi connectivity index (χ0v) is 15.9. The fourth-order valence-electron chi connectivity index (χ4n) is 2.33. The van der Waals surface area contributed by atoms with Crippen LogP contribution in [0.1, 0.15) is 5.01 Å². The van der Waals surface area contributed by atoms with Gasteiger partial charge in [0.1, 0.15) is 0 Å². The largest absolute Gasteiger partial charge is 0.370 e. The number of halogens is 1. The van der Waals surface area contributed by atoms with Gasteiger partial charge in [-0.2, -0.15) is 0 Å². The molecular weight excluding hydrogens is 425 g/mol. The molecule has 0 aliphatic carbocycles. The molecule has 0 saturated carbocycles. The van der Waals surface area contributed by atoms with E-state index < -0.39 is 0 Å². The number of guanidine groups is 1. The average Bonchev–Trinajstić information content (AvgIpc) is 3.09. The first kappa shape index (κ1) is 17.9. The molecule has 0 spiro atoms. The molecule has 23 heavy (non-hydrogen) atoms. The maximum absolute atomic E-state index is 6.08. The summed E-state index contributed by atoms with van der Waals surface area (Å²) in [6.07, 6.45) is 6.19. The molecule has 9 heteroatoms. The van der Waals surface area contributed by atoms with Gasteiger partial charge in [0.05, 0.1) is 5.01 Å². The molecule has 0 aromatic carbocycles. The number of anilines is 1. The fourth-order valence-corrected chi connectivity index (χ4v) is 2.94. The van der Waals surface area contributed by atoms with E-state index in [0.717, 1.165) is 43.6 Å². The maximum atomic E-state index is 6.08. The quantitative estimate of drug-likeness (QED) is 0.433. The summed E-state index contributed by atoms with van der Waals surface area (Å²) in [6, 6.07) is 1.83. The Bertz CT molecular complexity index is 597. The molecule has 0 atom stereocenters. The average molecular weight is 445 g/mol. The first-order chi connectivity index (χ1) is 10.8. The highest BCUT2D eigenvalue weighted by Crippen LogP contribution is 2.09. The van der Waals surface area contributed by atoms with Crippen LogP contribution in [0, 0.1) is 0 Å². The van der Waals surface area contributed by atoms with Crippen LogP contribution in [0.25, 0.3) is 0 Å². The molecule has 124 valence electrons. The second-order valence-electron chi connectivity index (χ2n) is 4.94. The van der Waals surface area contributed by atoms with Crippen molar-refractivity contribution < 1.29 is 0 Å². The van der Waals surface area contributed by atoms with Gasteiger partial charge in [-0.3, -0.25) is 4.99 Å². The second kappa shape index (κ2) is 8.96. The maximum Gasteiger partial charge on any atom is 0.225 e. The Morgan fingerprint density at radius 1 is 1.13 bits per heavy atom. The Morgan fingerprint density at radius 3 is 2.52 bits per heavy atom. The van der Waals surface area contributed by atoms with Gasteiger partial charge in [-0.1, -0.05) is 0 Å². The Kier molecular flexibility index (Phi) is 6.96. The van der Waals surface area contributed by atoms with Gasteiger partial charge in [0, 0.05) is 63.1 Å². The van der Waals surface area contributed by atoms with Crippen LogP contribution in [0.2, 0.25) is 0 Å². The minimum atomic E-state index is 0. The Balaban J connectivity index is 0.00000192. The summed E-state index contributed by atoms with van der Waals surface area (Å²) >= 11 is 1.65. The molecule has 2 N–H and O–H groups in total. The van der Waals surface area contributed by atoms with Gasteiger partial charge in [-0.05, 0) is 6.07 Å². The molecule has 0 amide bonds. The van der Waals surface area contributed by atoms with E-state index in [1.807, 2.05) is 17.6 Å². The van der Waals surface area contributed by atoms with E-state index in [2.05, 4.69) is 29.7 Å². The molecule has 2 aromatic heterocycles. The molecule has 1 fully saturated rings. The zero-order chi connectivity index (χ0) is 15.2. The summed E-state index contributed by atoms with van der Waals surface area (Å²) in [6.45, 7) is 4.07. The van der Waals surface area contributed by atoms with Crippen LogP contribution < -0.4 is 10.6 Å². The lowest BCUT2D eigenvalue weighted by Crippen LogP contribution is -2.51. The SMILES string of the molecule is I.NC(=NCCc1nccs1)N1CCN(c2ncccn2)CC1. The summed E-state index contributed by atoms with van der Waals surface area (Å²) in [4.78, 5) is 21.5. The van der Waals surface area contributed by atoms with Crippen molar-refractivity contribution in [3.8, 4) is 0 Å². The van der Waals surface area contributed by atoms with Crippen LogP contribution in [-0.4, -0.2) is 58.5 Å². The van der Waals surface area contributed by atoms with Crippen LogP contribution in [0.3, 0.4) is 0 Å². The zero-order valence-electron chi connectivity index (χ0n) is 12.7. The lowest BCUT2D eigenvalue weighted by molar-refractivity contribution is 0.378. The molecule has 1 aliphatic rings. The molecule has 3 heterocycles. The highest BCUT2D eigenvalue weighted by Gasteiger charge is 2.19. The van der Waals surface area contributed by atoms with Crippen molar-refractivity contribution in [1.82, 2.24) is 19.9 Å². The van der Waals surface area contributed by atoms with Crippen molar-refractivity contribution in [1.29, 1.82) is 0 Å². The van der Waals surface area contributed by atoms with Gasteiger partial charge >= 0.3 is 0 Å². The predicted molar refractivity (Wildman–Crippen MR) is 104 cm³/mol. The normalized spacial score (nSPS) is 15.4. The standard InChI is InChI=1S/C14H19N7S.HI/c15-13(17-5-2-12-16-6-11-22-12)20-7-9-21(10-8-20)14-18-3-1-4-19-14;/h1,3-4,6,11H,2,5,7-10H2,(H2,15,17);1H. The van der Waals surface area contributed by atoms with E-state index in [-0.39, 0.29) is 24.0 Å². The van der Waals surface area contributed by atoms with E-state index in [1.165, 1.54) is 0 Å². The van der Waals surface area contributed by atoms with Crippen LogP contribution in [0.5, 0.6) is 0 Å². The van der Waals surface area contributed by atoms with E-state index in [1.54, 1.807) is 23.7 Å². The van der Waals surface area contributed by atoms with Crippen molar-refractivity contribution in [3.63, 3.8) is 0 Å². The van der Waals surface area contributed by atoms with E-state index in [9.17, 15) is 0 Å². The monoisotopic (exact) mass is 445 g/mol. The lowest BCUT2D eigenvalue weighted by Gasteiger charge is -2.35. The van der Waals surface area contributed by atoms with Crippen molar-refractivity contribution in [2.75, 3.05) is 37.6 Å². The topological polar surface area (TPSA) is 83.5 Å². The van der Waals surface area contributed by atoms with Gasteiger partial charge in [-0.15, -0.1) is 35.3 Å². The van der Waals surface area contributed by atoms with Crippen LogP contribution in [0.4, 0.5) is 5.95 Å². The second-order valence-corrected chi connectivity index (χ2v) is 5.92. The summed E-state index contributed by atoms with van der Waals surface area (Å²) in [5.74, 6) is 1.40. The third-order valence-corrected chi connectivity index (χ3v) is 4.36. The first-order valence-electron chi connectivity index (χ1n) is 7.28. The third-order valence-electron chi connectivity index (χ3n) is 3.52. The number of rotatable bonds is 4. The van der Waals surface area contributed by atoms with E-state index >= 15 is 0 Å². The number of piperazine rings is 1. The Morgan fingerprint density at radius 2 is 1.87 bits per heavy atom. The van der Waals surface area contributed by atoms with Gasteiger partial charge in [0.25, 0.3) is 0 Å². The van der Waals surface area contributed by atoms with Gasteiger partial charge in [0.15, 0.2) is 5.96 Å². The Hall–Kier alpha value is -1.49. The van der Waals surface area contributed by atoms with Gasteiger partial charge in [0.2, 0.25) is 5.95 Å². The minimum Gasteiger partial charge on any atom is -0.370 e. The molecule has 0 radical (unpaired) electrons. The van der Waals surface area contributed by atoms with Crippen LogP contribution >= 0.6 is 35.3 Å². The number of thiazole rings is 1. The number of hydrogen-bond donors (Lipinski definition) is 1. The molecule has 7 nitrogen and oxygen atoms in total. The molecule has 3 rings (SSSR count). The molecule has 2 aromatic rings. The molecule has 1 saturated heterocycles. The number of nitrogens with zero attached hydrogens (tertiary/aromatic N) is 6. The Labute approximate surface area is 156 Å².